The molecule has 0 N–H and O–H groups in total. The van der Waals surface area contributed by atoms with Crippen LogP contribution in [0.25, 0.3) is 0 Å². The quantitative estimate of drug-likeness (QED) is 0.645. The fourth-order valence-electron chi connectivity index (χ4n) is 4.03. The highest BCUT2D eigenvalue weighted by Crippen LogP contribution is 2.30. The van der Waals surface area contributed by atoms with E-state index in [0.717, 1.165) is 56.9 Å². The number of carbonyl (C=O) groups is 1. The van der Waals surface area contributed by atoms with Crippen molar-refractivity contribution in [1.82, 2.24) is 4.90 Å². The summed E-state index contributed by atoms with van der Waals surface area (Å²) >= 11 is 0. The van der Waals surface area contributed by atoms with Crippen LogP contribution in [-0.2, 0) is 9.53 Å². The number of hydrogen-bond acceptors (Lipinski definition) is 2. The minimum absolute atomic E-state index is 0.137. The molecule has 134 valence electrons. The summed E-state index contributed by atoms with van der Waals surface area (Å²) in [4.78, 5) is 14.0. The Kier molecular flexibility index (Phi) is 7.88. The molecule has 0 aromatic rings. The van der Waals surface area contributed by atoms with E-state index in [0.29, 0.717) is 5.91 Å². The minimum Gasteiger partial charge on any atom is -0.381 e. The van der Waals surface area contributed by atoms with Crippen molar-refractivity contribution in [2.45, 2.75) is 72.1 Å². The topological polar surface area (TPSA) is 29.5 Å². The highest BCUT2D eigenvalue weighted by molar-refractivity contribution is 5.78. The molecule has 23 heavy (non-hydrogen) atoms. The average Bonchev–Trinajstić information content (AvgIpc) is 2.56. The largest absolute Gasteiger partial charge is 0.381 e. The van der Waals surface area contributed by atoms with Gasteiger partial charge >= 0.3 is 0 Å². The molecule has 3 heteroatoms. The molecule has 2 fully saturated rings. The molecule has 0 radical (unpaired) electrons. The number of carbonyl (C=O) groups excluding carboxylic acids is 1. The first-order valence-electron chi connectivity index (χ1n) is 9.92. The van der Waals surface area contributed by atoms with Crippen LogP contribution in [0.1, 0.15) is 72.1 Å². The van der Waals surface area contributed by atoms with Gasteiger partial charge in [-0.05, 0) is 43.4 Å². The Morgan fingerprint density at radius 2 is 1.48 bits per heavy atom. The maximum Gasteiger partial charge on any atom is 0.225 e. The zero-order chi connectivity index (χ0) is 16.7. The van der Waals surface area contributed by atoms with Crippen LogP contribution >= 0.6 is 0 Å². The van der Waals surface area contributed by atoms with Crippen LogP contribution in [0.2, 0.25) is 0 Å². The van der Waals surface area contributed by atoms with Gasteiger partial charge in [-0.25, -0.2) is 0 Å². The zero-order valence-electron chi connectivity index (χ0n) is 15.6. The Balaban J connectivity index is 1.49. The predicted octanol–water partition coefficient (Wildman–Crippen LogP) is 4.50. The van der Waals surface area contributed by atoms with Crippen LogP contribution in [0.4, 0.5) is 0 Å². The van der Waals surface area contributed by atoms with Crippen LogP contribution < -0.4 is 0 Å². The molecule has 1 amide bonds. The molecule has 2 aliphatic rings. The fraction of sp³-hybridized carbons (Fsp3) is 0.950. The zero-order valence-corrected chi connectivity index (χ0v) is 15.6. The van der Waals surface area contributed by atoms with Crippen molar-refractivity contribution in [1.29, 1.82) is 0 Å². The second-order valence-corrected chi connectivity index (χ2v) is 8.24. The average molecular weight is 324 g/mol. The lowest BCUT2D eigenvalue weighted by atomic mass is 9.82. The van der Waals surface area contributed by atoms with Gasteiger partial charge in [-0.1, -0.05) is 46.5 Å². The molecule has 0 spiro atoms. The van der Waals surface area contributed by atoms with Crippen LogP contribution in [0.3, 0.4) is 0 Å². The molecular weight excluding hydrogens is 286 g/mol. The van der Waals surface area contributed by atoms with Gasteiger partial charge in [0, 0.05) is 32.2 Å². The van der Waals surface area contributed by atoms with Crippen molar-refractivity contribution in [2.24, 2.45) is 23.7 Å². The highest BCUT2D eigenvalue weighted by Gasteiger charge is 2.24. The second kappa shape index (κ2) is 9.66. The van der Waals surface area contributed by atoms with E-state index in [1.165, 1.54) is 38.5 Å². The number of rotatable bonds is 7. The molecule has 1 saturated heterocycles. The Labute approximate surface area is 143 Å². The van der Waals surface area contributed by atoms with Gasteiger partial charge in [0.05, 0.1) is 0 Å². The van der Waals surface area contributed by atoms with Crippen molar-refractivity contribution in [3.8, 4) is 0 Å². The van der Waals surface area contributed by atoms with E-state index in [9.17, 15) is 4.79 Å². The maximum absolute atomic E-state index is 12.0. The van der Waals surface area contributed by atoms with Gasteiger partial charge in [-0.2, -0.15) is 0 Å². The molecule has 0 unspecified atom stereocenters. The van der Waals surface area contributed by atoms with Crippen LogP contribution in [0, 0.1) is 23.7 Å². The van der Waals surface area contributed by atoms with Crippen molar-refractivity contribution < 1.29 is 9.53 Å². The molecule has 2 rings (SSSR count). The van der Waals surface area contributed by atoms with E-state index in [1.807, 2.05) is 18.7 Å². The van der Waals surface area contributed by atoms with Gasteiger partial charge in [-0.15, -0.1) is 0 Å². The highest BCUT2D eigenvalue weighted by atomic mass is 16.5. The first-order chi connectivity index (χ1) is 11.1. The Morgan fingerprint density at radius 1 is 0.957 bits per heavy atom. The Bertz CT molecular complexity index is 340. The minimum atomic E-state index is 0.137. The lowest BCUT2D eigenvalue weighted by Crippen LogP contribution is -2.40. The summed E-state index contributed by atoms with van der Waals surface area (Å²) in [5, 5.41) is 0. The lowest BCUT2D eigenvalue weighted by Gasteiger charge is -2.33. The third-order valence-electron chi connectivity index (χ3n) is 5.90. The summed E-state index contributed by atoms with van der Waals surface area (Å²) in [6.45, 7) is 10.1. The first-order valence-corrected chi connectivity index (χ1v) is 9.92. The summed E-state index contributed by atoms with van der Waals surface area (Å²) in [6, 6.07) is 0. The molecule has 0 aromatic heterocycles. The van der Waals surface area contributed by atoms with E-state index in [-0.39, 0.29) is 5.92 Å². The number of ether oxygens (including phenoxy) is 1. The smallest absolute Gasteiger partial charge is 0.225 e. The second-order valence-electron chi connectivity index (χ2n) is 8.24. The van der Waals surface area contributed by atoms with Gasteiger partial charge in [0.15, 0.2) is 0 Å². The number of amides is 1. The summed E-state index contributed by atoms with van der Waals surface area (Å²) in [6.07, 6.45) is 10.4. The molecule has 1 heterocycles. The molecule has 0 aromatic carbocycles. The monoisotopic (exact) mass is 323 g/mol. The summed E-state index contributed by atoms with van der Waals surface area (Å²) in [5.74, 6) is 3.07. The van der Waals surface area contributed by atoms with Gasteiger partial charge in [-0.3, -0.25) is 4.79 Å². The van der Waals surface area contributed by atoms with Crippen LogP contribution in [0.5, 0.6) is 0 Å². The van der Waals surface area contributed by atoms with Crippen molar-refractivity contribution in [3.63, 3.8) is 0 Å². The number of nitrogens with zero attached hydrogens (tertiary/aromatic N) is 1. The van der Waals surface area contributed by atoms with Crippen molar-refractivity contribution in [2.75, 3.05) is 26.3 Å². The van der Waals surface area contributed by atoms with E-state index < -0.39 is 0 Å². The van der Waals surface area contributed by atoms with Gasteiger partial charge in [0.1, 0.15) is 0 Å². The normalized spacial score (nSPS) is 26.7. The van der Waals surface area contributed by atoms with Crippen LogP contribution in [-0.4, -0.2) is 37.1 Å². The summed E-state index contributed by atoms with van der Waals surface area (Å²) < 4.78 is 5.90. The number of hydrogen-bond donors (Lipinski definition) is 0. The molecular formula is C20H37NO2. The fourth-order valence-corrected chi connectivity index (χ4v) is 4.03. The standard InChI is InChI=1S/C20H37NO2/c1-16(2)20(22)21-12-8-19(9-13-21)11-15-23-14-10-18-6-4-17(3)5-7-18/h16-19H,4-15H2,1-3H3. The van der Waals surface area contributed by atoms with Crippen molar-refractivity contribution in [3.05, 3.63) is 0 Å². The SMILES string of the molecule is CC1CCC(CCOCCC2CCN(C(=O)C(C)C)CC2)CC1. The molecule has 1 aliphatic heterocycles. The third-order valence-corrected chi connectivity index (χ3v) is 5.90. The molecule has 1 saturated carbocycles. The maximum atomic E-state index is 12.0. The van der Waals surface area contributed by atoms with Crippen molar-refractivity contribution >= 4 is 5.91 Å². The lowest BCUT2D eigenvalue weighted by molar-refractivity contribution is -0.135. The van der Waals surface area contributed by atoms with E-state index >= 15 is 0 Å². The summed E-state index contributed by atoms with van der Waals surface area (Å²) in [5.41, 5.74) is 0. The van der Waals surface area contributed by atoms with Gasteiger partial charge in [0.25, 0.3) is 0 Å². The molecule has 1 aliphatic carbocycles. The molecule has 3 nitrogen and oxygen atoms in total. The number of likely N-dealkylation sites (tertiary alicyclic amines) is 1. The van der Waals surface area contributed by atoms with E-state index in [2.05, 4.69) is 6.92 Å². The molecule has 0 bridgehead atoms. The first kappa shape index (κ1) is 18.8. The van der Waals surface area contributed by atoms with Gasteiger partial charge < -0.3 is 9.64 Å². The third kappa shape index (κ3) is 6.45. The van der Waals surface area contributed by atoms with Gasteiger partial charge in [0.2, 0.25) is 5.91 Å². The summed E-state index contributed by atoms with van der Waals surface area (Å²) in [7, 11) is 0. The predicted molar refractivity (Wildman–Crippen MR) is 95.3 cm³/mol. The number of piperidine rings is 1. The molecule has 0 atom stereocenters. The van der Waals surface area contributed by atoms with E-state index in [1.54, 1.807) is 0 Å². The Morgan fingerprint density at radius 3 is 2.00 bits per heavy atom. The van der Waals surface area contributed by atoms with Crippen LogP contribution in [0.15, 0.2) is 0 Å². The Hall–Kier alpha value is -0.570. The van der Waals surface area contributed by atoms with E-state index in [4.69, 9.17) is 4.74 Å².